The third kappa shape index (κ3) is 4.28. The zero-order valence-corrected chi connectivity index (χ0v) is 17.9. The van der Waals surface area contributed by atoms with Crippen LogP contribution in [0, 0.1) is 0 Å². The molecule has 0 radical (unpaired) electrons. The summed E-state index contributed by atoms with van der Waals surface area (Å²) < 4.78 is 43.8. The molecule has 0 aromatic heterocycles. The van der Waals surface area contributed by atoms with Crippen LogP contribution in [0.4, 0.5) is 18.9 Å². The highest BCUT2D eigenvalue weighted by atomic mass is 19.4. The van der Waals surface area contributed by atoms with Gasteiger partial charge in [0.1, 0.15) is 5.75 Å². The number of benzene rings is 3. The summed E-state index contributed by atoms with van der Waals surface area (Å²) >= 11 is 0. The molecule has 0 spiro atoms. The Balaban J connectivity index is 1.73. The topological polar surface area (TPSA) is 58.6 Å². The minimum atomic E-state index is -4.46. The van der Waals surface area contributed by atoms with Gasteiger partial charge >= 0.3 is 6.18 Å². The lowest BCUT2D eigenvalue weighted by molar-refractivity contribution is -0.137. The second-order valence-corrected chi connectivity index (χ2v) is 7.76. The van der Waals surface area contributed by atoms with Crippen LogP contribution in [0.15, 0.2) is 72.8 Å². The smallest absolute Gasteiger partial charge is 0.416 e. The number of methoxy groups -OCH3 is 1. The Labute approximate surface area is 188 Å². The van der Waals surface area contributed by atoms with Gasteiger partial charge in [0.05, 0.1) is 24.6 Å². The molecular weight excluding hydrogens is 433 g/mol. The number of likely N-dealkylation sites (N-methyl/N-ethyl adjacent to an activating group) is 1. The second kappa shape index (κ2) is 8.61. The number of carbonyl (C=O) groups excluding carboxylic acids is 2. The van der Waals surface area contributed by atoms with Crippen LogP contribution in [0.2, 0.25) is 0 Å². The summed E-state index contributed by atoms with van der Waals surface area (Å²) in [6.07, 6.45) is -4.46. The molecule has 8 heteroatoms. The number of anilines is 1. The lowest BCUT2D eigenvalue weighted by atomic mass is 9.79. The van der Waals surface area contributed by atoms with E-state index in [1.807, 2.05) is 0 Å². The molecule has 33 heavy (non-hydrogen) atoms. The molecule has 1 aliphatic heterocycles. The maximum absolute atomic E-state index is 13.5. The molecule has 170 valence electrons. The third-order valence-corrected chi connectivity index (χ3v) is 5.80. The van der Waals surface area contributed by atoms with Crippen molar-refractivity contribution in [1.29, 1.82) is 0 Å². The fourth-order valence-corrected chi connectivity index (χ4v) is 4.14. The van der Waals surface area contributed by atoms with Crippen LogP contribution in [0.3, 0.4) is 0 Å². The van der Waals surface area contributed by atoms with Gasteiger partial charge in [-0.25, -0.2) is 0 Å². The fraction of sp³-hybridized carbons (Fsp3) is 0.200. The van der Waals surface area contributed by atoms with Crippen molar-refractivity contribution < 1.29 is 27.5 Å². The Kier molecular flexibility index (Phi) is 5.84. The van der Waals surface area contributed by atoms with Gasteiger partial charge < -0.3 is 15.0 Å². The van der Waals surface area contributed by atoms with Gasteiger partial charge in [0.15, 0.2) is 0 Å². The Hall–Kier alpha value is -3.81. The van der Waals surface area contributed by atoms with Crippen molar-refractivity contribution in [1.82, 2.24) is 4.90 Å². The molecule has 1 heterocycles. The number of nitrogens with one attached hydrogen (secondary N) is 1. The molecule has 0 saturated heterocycles. The first-order chi connectivity index (χ1) is 15.7. The van der Waals surface area contributed by atoms with E-state index in [2.05, 4.69) is 5.32 Å². The van der Waals surface area contributed by atoms with Crippen LogP contribution in [-0.4, -0.2) is 30.9 Å². The molecule has 0 saturated carbocycles. The van der Waals surface area contributed by atoms with Crippen molar-refractivity contribution in [3.8, 4) is 5.75 Å². The van der Waals surface area contributed by atoms with E-state index in [0.717, 1.165) is 17.7 Å². The number of ether oxygens (including phenoxy) is 1. The van der Waals surface area contributed by atoms with E-state index in [9.17, 15) is 22.8 Å². The molecule has 0 fully saturated rings. The number of rotatable bonds is 4. The minimum Gasteiger partial charge on any atom is -0.497 e. The van der Waals surface area contributed by atoms with Gasteiger partial charge in [-0.2, -0.15) is 13.2 Å². The number of halogens is 3. The Morgan fingerprint density at radius 1 is 0.970 bits per heavy atom. The fourth-order valence-electron chi connectivity index (χ4n) is 4.14. The van der Waals surface area contributed by atoms with Gasteiger partial charge in [-0.15, -0.1) is 0 Å². The van der Waals surface area contributed by atoms with Crippen LogP contribution < -0.4 is 10.1 Å². The van der Waals surface area contributed by atoms with Crippen LogP contribution in [0.25, 0.3) is 0 Å². The van der Waals surface area contributed by atoms with Crippen LogP contribution in [-0.2, 0) is 11.0 Å². The number of alkyl halides is 3. The second-order valence-electron chi connectivity index (χ2n) is 7.76. The quantitative estimate of drug-likeness (QED) is 0.585. The lowest BCUT2D eigenvalue weighted by Crippen LogP contribution is -2.44. The summed E-state index contributed by atoms with van der Waals surface area (Å²) in [6, 6.07) is 17.6. The standard InChI is InChI=1S/C25H21F3N2O3/c1-30-22(15-7-13-18(33-2)14-8-15)21(19-5-3-4-6-20(19)24(30)32)23(31)29-17-11-9-16(10-12-17)25(26,27)28/h3-14,21-22H,1-2H3,(H,29,31)/t21-,22-/m0/s1. The molecule has 5 nitrogen and oxygen atoms in total. The minimum absolute atomic E-state index is 0.218. The van der Waals surface area contributed by atoms with E-state index in [1.165, 1.54) is 17.0 Å². The van der Waals surface area contributed by atoms with Crippen molar-refractivity contribution in [2.75, 3.05) is 19.5 Å². The average Bonchev–Trinajstić information content (AvgIpc) is 2.81. The number of hydrogen-bond acceptors (Lipinski definition) is 3. The Morgan fingerprint density at radius 2 is 1.61 bits per heavy atom. The lowest BCUT2D eigenvalue weighted by Gasteiger charge is -2.39. The molecule has 1 N–H and O–H groups in total. The molecule has 3 aromatic rings. The number of amides is 2. The molecule has 3 aromatic carbocycles. The highest BCUT2D eigenvalue weighted by Gasteiger charge is 2.42. The molecule has 0 unspecified atom stereocenters. The normalized spacial score (nSPS) is 18.0. The van der Waals surface area contributed by atoms with Crippen molar-refractivity contribution in [2.24, 2.45) is 0 Å². The number of nitrogens with zero attached hydrogens (tertiary/aromatic N) is 1. The van der Waals surface area contributed by atoms with Crippen molar-refractivity contribution >= 4 is 17.5 Å². The van der Waals surface area contributed by atoms with Gasteiger partial charge in [-0.3, -0.25) is 9.59 Å². The van der Waals surface area contributed by atoms with Crippen LogP contribution in [0.1, 0.15) is 39.0 Å². The maximum atomic E-state index is 13.5. The molecule has 4 rings (SSSR count). The largest absolute Gasteiger partial charge is 0.497 e. The summed E-state index contributed by atoms with van der Waals surface area (Å²) in [5.41, 5.74) is 1.14. The Bertz CT molecular complexity index is 1170. The molecule has 0 aliphatic carbocycles. The van der Waals surface area contributed by atoms with E-state index in [0.29, 0.717) is 16.9 Å². The summed E-state index contributed by atoms with van der Waals surface area (Å²) in [7, 11) is 3.17. The first-order valence-corrected chi connectivity index (χ1v) is 10.2. The van der Waals surface area contributed by atoms with Gasteiger partial charge in [-0.05, 0) is 53.6 Å². The third-order valence-electron chi connectivity index (χ3n) is 5.80. The molecule has 0 bridgehead atoms. The Morgan fingerprint density at radius 3 is 2.21 bits per heavy atom. The van der Waals surface area contributed by atoms with Crippen molar-refractivity contribution in [2.45, 2.75) is 18.1 Å². The van der Waals surface area contributed by atoms with E-state index < -0.39 is 29.6 Å². The van der Waals surface area contributed by atoms with Crippen LogP contribution >= 0.6 is 0 Å². The monoisotopic (exact) mass is 454 g/mol. The highest BCUT2D eigenvalue weighted by molar-refractivity contribution is 6.04. The number of hydrogen-bond donors (Lipinski definition) is 1. The highest BCUT2D eigenvalue weighted by Crippen LogP contribution is 2.43. The summed E-state index contributed by atoms with van der Waals surface area (Å²) in [6.45, 7) is 0. The zero-order chi connectivity index (χ0) is 23.8. The van der Waals surface area contributed by atoms with Crippen LogP contribution in [0.5, 0.6) is 5.75 Å². The molecular formula is C25H21F3N2O3. The predicted octanol–water partition coefficient (Wildman–Crippen LogP) is 5.26. The predicted molar refractivity (Wildman–Crippen MR) is 117 cm³/mol. The molecule has 2 atom stereocenters. The van der Waals surface area contributed by atoms with Gasteiger partial charge in [0.2, 0.25) is 5.91 Å². The van der Waals surface area contributed by atoms with E-state index >= 15 is 0 Å². The van der Waals surface area contributed by atoms with Crippen molar-refractivity contribution in [3.63, 3.8) is 0 Å². The first-order valence-electron chi connectivity index (χ1n) is 10.2. The summed E-state index contributed by atoms with van der Waals surface area (Å²) in [5, 5.41) is 2.72. The number of carbonyl (C=O) groups is 2. The van der Waals surface area contributed by atoms with Gasteiger partial charge in [0, 0.05) is 18.3 Å². The maximum Gasteiger partial charge on any atom is 0.416 e. The average molecular weight is 454 g/mol. The number of fused-ring (bicyclic) bond motifs is 1. The van der Waals surface area contributed by atoms with E-state index in [4.69, 9.17) is 4.74 Å². The first kappa shape index (κ1) is 22.4. The summed E-state index contributed by atoms with van der Waals surface area (Å²) in [5.74, 6) is -0.790. The van der Waals surface area contributed by atoms with E-state index in [-0.39, 0.29) is 11.6 Å². The summed E-state index contributed by atoms with van der Waals surface area (Å²) in [4.78, 5) is 28.0. The van der Waals surface area contributed by atoms with Gasteiger partial charge in [0.25, 0.3) is 5.91 Å². The van der Waals surface area contributed by atoms with E-state index in [1.54, 1.807) is 62.7 Å². The SMILES string of the molecule is COc1ccc([C@H]2[C@@H](C(=O)Nc3ccc(C(F)(F)F)cc3)c3ccccc3C(=O)N2C)cc1. The molecule has 2 amide bonds. The van der Waals surface area contributed by atoms with Crippen molar-refractivity contribution in [3.05, 3.63) is 95.1 Å². The zero-order valence-electron chi connectivity index (χ0n) is 17.9. The van der Waals surface area contributed by atoms with Gasteiger partial charge in [-0.1, -0.05) is 30.3 Å². The molecule has 1 aliphatic rings.